The van der Waals surface area contributed by atoms with Gasteiger partial charge >= 0.3 is 6.18 Å². The molecule has 0 aliphatic carbocycles. The fraction of sp³-hybridized carbons (Fsp3) is 0.625. The van der Waals surface area contributed by atoms with E-state index in [4.69, 9.17) is 9.47 Å². The number of rotatable bonds is 3. The van der Waals surface area contributed by atoms with Crippen molar-refractivity contribution in [1.82, 2.24) is 4.90 Å². The third-order valence-corrected chi connectivity index (χ3v) is 4.30. The number of benzene rings is 1. The van der Waals surface area contributed by atoms with Crippen molar-refractivity contribution < 1.29 is 22.6 Å². The van der Waals surface area contributed by atoms with Gasteiger partial charge < -0.3 is 9.47 Å². The monoisotopic (exact) mass is 315 g/mol. The number of ether oxygens (including phenoxy) is 2. The molecule has 0 unspecified atom stereocenters. The van der Waals surface area contributed by atoms with E-state index in [0.717, 1.165) is 38.8 Å². The average molecular weight is 315 g/mol. The maximum absolute atomic E-state index is 13.1. The molecule has 2 heterocycles. The summed E-state index contributed by atoms with van der Waals surface area (Å²) >= 11 is 0. The molecule has 0 bridgehead atoms. The quantitative estimate of drug-likeness (QED) is 0.855. The molecule has 0 spiro atoms. The highest BCUT2D eigenvalue weighted by Gasteiger charge is 2.36. The first-order valence-electron chi connectivity index (χ1n) is 7.62. The van der Waals surface area contributed by atoms with E-state index in [0.29, 0.717) is 19.1 Å². The highest BCUT2D eigenvalue weighted by Crippen LogP contribution is 2.36. The molecule has 2 atom stereocenters. The minimum atomic E-state index is -4.35. The van der Waals surface area contributed by atoms with Gasteiger partial charge in [-0.15, -0.1) is 0 Å². The first-order valence-corrected chi connectivity index (χ1v) is 7.62. The number of morpholine rings is 1. The number of hydrogen-bond donors (Lipinski definition) is 0. The van der Waals surface area contributed by atoms with Crippen LogP contribution in [-0.4, -0.2) is 44.4 Å². The van der Waals surface area contributed by atoms with Crippen LogP contribution in [0.5, 0.6) is 0 Å². The van der Waals surface area contributed by atoms with Crippen LogP contribution in [0.3, 0.4) is 0 Å². The second-order valence-electron chi connectivity index (χ2n) is 5.93. The van der Waals surface area contributed by atoms with Gasteiger partial charge in [-0.3, -0.25) is 4.90 Å². The fourth-order valence-corrected chi connectivity index (χ4v) is 3.18. The summed E-state index contributed by atoms with van der Waals surface area (Å²) in [6.45, 7) is 4.14. The summed E-state index contributed by atoms with van der Waals surface area (Å²) in [5.74, 6) is 0.483. The van der Waals surface area contributed by atoms with Crippen LogP contribution in [0.4, 0.5) is 13.2 Å². The lowest BCUT2D eigenvalue weighted by Gasteiger charge is -2.35. The maximum Gasteiger partial charge on any atom is 0.416 e. The summed E-state index contributed by atoms with van der Waals surface area (Å²) < 4.78 is 50.4. The molecule has 122 valence electrons. The smallest absolute Gasteiger partial charge is 0.381 e. The Morgan fingerprint density at radius 2 is 2.00 bits per heavy atom. The van der Waals surface area contributed by atoms with Gasteiger partial charge in [-0.25, -0.2) is 0 Å². The summed E-state index contributed by atoms with van der Waals surface area (Å²) in [6.07, 6.45) is -3.84. The van der Waals surface area contributed by atoms with E-state index >= 15 is 0 Å². The molecule has 2 saturated heterocycles. The molecule has 22 heavy (non-hydrogen) atoms. The number of hydrogen-bond acceptors (Lipinski definition) is 3. The van der Waals surface area contributed by atoms with Crippen LogP contribution >= 0.6 is 0 Å². The van der Waals surface area contributed by atoms with Crippen LogP contribution in [0.2, 0.25) is 0 Å². The summed E-state index contributed by atoms with van der Waals surface area (Å²) in [4.78, 5) is 2.20. The van der Waals surface area contributed by atoms with Crippen molar-refractivity contribution in [3.05, 3.63) is 35.4 Å². The van der Waals surface area contributed by atoms with Gasteiger partial charge in [0.25, 0.3) is 0 Å². The molecule has 3 nitrogen and oxygen atoms in total. The highest BCUT2D eigenvalue weighted by molar-refractivity contribution is 5.32. The van der Waals surface area contributed by atoms with Gasteiger partial charge in [0.05, 0.1) is 24.9 Å². The van der Waals surface area contributed by atoms with E-state index in [9.17, 15) is 13.2 Å². The first-order chi connectivity index (χ1) is 10.5. The molecule has 2 aliphatic heterocycles. The predicted octanol–water partition coefficient (Wildman–Crippen LogP) is 3.12. The van der Waals surface area contributed by atoms with E-state index in [1.54, 1.807) is 6.07 Å². The summed E-state index contributed by atoms with van der Waals surface area (Å²) in [5, 5.41) is 0. The van der Waals surface area contributed by atoms with Gasteiger partial charge in [0.2, 0.25) is 0 Å². The Morgan fingerprint density at radius 1 is 1.18 bits per heavy atom. The zero-order valence-corrected chi connectivity index (χ0v) is 12.3. The lowest BCUT2D eigenvalue weighted by atomic mass is 10.00. The average Bonchev–Trinajstić information content (AvgIpc) is 3.00. The molecule has 3 rings (SSSR count). The molecule has 1 aromatic carbocycles. The Balaban J connectivity index is 1.72. The zero-order valence-electron chi connectivity index (χ0n) is 12.3. The van der Waals surface area contributed by atoms with Gasteiger partial charge in [0.15, 0.2) is 0 Å². The molecule has 0 aromatic heterocycles. The molecule has 2 fully saturated rings. The molecule has 0 radical (unpaired) electrons. The third kappa shape index (κ3) is 3.62. The molecule has 0 N–H and O–H groups in total. The fourth-order valence-electron chi connectivity index (χ4n) is 3.18. The normalized spacial score (nSPS) is 27.2. The van der Waals surface area contributed by atoms with E-state index in [1.165, 1.54) is 12.1 Å². The van der Waals surface area contributed by atoms with Crippen LogP contribution in [0.25, 0.3) is 0 Å². The lowest BCUT2D eigenvalue weighted by molar-refractivity contribution is -0.140. The van der Waals surface area contributed by atoms with Crippen molar-refractivity contribution in [3.63, 3.8) is 0 Å². The van der Waals surface area contributed by atoms with Gasteiger partial charge in [-0.1, -0.05) is 18.2 Å². The zero-order chi connectivity index (χ0) is 15.6. The largest absolute Gasteiger partial charge is 0.416 e. The second kappa shape index (κ2) is 6.56. The highest BCUT2D eigenvalue weighted by atomic mass is 19.4. The van der Waals surface area contributed by atoms with Crippen LogP contribution in [-0.2, 0) is 15.7 Å². The molecule has 2 aliphatic rings. The summed E-state index contributed by atoms with van der Waals surface area (Å²) in [5.41, 5.74) is -0.353. The first kappa shape index (κ1) is 15.8. The Hall–Kier alpha value is -1.11. The lowest BCUT2D eigenvalue weighted by Crippen LogP contribution is -2.41. The molecule has 0 amide bonds. The van der Waals surface area contributed by atoms with Crippen molar-refractivity contribution in [3.8, 4) is 0 Å². The second-order valence-corrected chi connectivity index (χ2v) is 5.93. The number of nitrogens with zero attached hydrogens (tertiary/aromatic N) is 1. The van der Waals surface area contributed by atoms with Crippen molar-refractivity contribution in [1.29, 1.82) is 0 Å². The number of halogens is 3. The van der Waals surface area contributed by atoms with Crippen molar-refractivity contribution in [2.45, 2.75) is 18.7 Å². The number of alkyl halides is 3. The third-order valence-electron chi connectivity index (χ3n) is 4.30. The van der Waals surface area contributed by atoms with Gasteiger partial charge in [0, 0.05) is 26.2 Å². The van der Waals surface area contributed by atoms with Crippen molar-refractivity contribution in [2.75, 3.05) is 39.5 Å². The minimum absolute atomic E-state index is 0.238. The summed E-state index contributed by atoms with van der Waals surface area (Å²) in [6, 6.07) is 5.71. The Labute approximate surface area is 128 Å². The van der Waals surface area contributed by atoms with Gasteiger partial charge in [-0.05, 0) is 24.0 Å². The molecule has 1 aromatic rings. The standard InChI is InChI=1S/C16H20F3NO2/c17-16(18,19)14-4-2-1-3-13(14)15-10-20(6-8-22-15)9-12-5-7-21-11-12/h1-4,12,15H,5-11H2/t12-,15-/m0/s1. The molecule has 0 saturated carbocycles. The Bertz CT molecular complexity index is 500. The molecular weight excluding hydrogens is 295 g/mol. The predicted molar refractivity (Wildman–Crippen MR) is 75.5 cm³/mol. The van der Waals surface area contributed by atoms with E-state index < -0.39 is 17.8 Å². The Kier molecular flexibility index (Phi) is 4.70. The van der Waals surface area contributed by atoms with Crippen molar-refractivity contribution in [2.24, 2.45) is 5.92 Å². The Morgan fingerprint density at radius 3 is 2.73 bits per heavy atom. The van der Waals surface area contributed by atoms with Gasteiger partial charge in [0.1, 0.15) is 0 Å². The minimum Gasteiger partial charge on any atom is -0.381 e. The van der Waals surface area contributed by atoms with E-state index in [-0.39, 0.29) is 5.56 Å². The van der Waals surface area contributed by atoms with Gasteiger partial charge in [-0.2, -0.15) is 13.2 Å². The van der Waals surface area contributed by atoms with Crippen molar-refractivity contribution >= 4 is 0 Å². The van der Waals surface area contributed by atoms with E-state index in [2.05, 4.69) is 4.90 Å². The van der Waals surface area contributed by atoms with Crippen LogP contribution in [0.15, 0.2) is 24.3 Å². The molecule has 6 heteroatoms. The SMILES string of the molecule is FC(F)(F)c1ccccc1[C@@H]1CN(C[C@@H]2CCOC2)CCO1. The van der Waals surface area contributed by atoms with Crippen LogP contribution < -0.4 is 0 Å². The molecular formula is C16H20F3NO2. The topological polar surface area (TPSA) is 21.7 Å². The van der Waals surface area contributed by atoms with Crippen LogP contribution in [0.1, 0.15) is 23.7 Å². The van der Waals surface area contributed by atoms with Crippen LogP contribution in [0, 0.1) is 5.92 Å². The maximum atomic E-state index is 13.1. The summed E-state index contributed by atoms with van der Waals surface area (Å²) in [7, 11) is 0. The van der Waals surface area contributed by atoms with E-state index in [1.807, 2.05) is 0 Å².